The quantitative estimate of drug-likeness (QED) is 0.218. The maximum Gasteiger partial charge on any atom is 0.303 e. The smallest absolute Gasteiger partial charge is 0.303 e. The van der Waals surface area contributed by atoms with Crippen molar-refractivity contribution < 1.29 is 26.0 Å². The van der Waals surface area contributed by atoms with E-state index in [9.17, 15) is 26.0 Å². The number of halogens is 3. The second kappa shape index (κ2) is 12.7. The van der Waals surface area contributed by atoms with Crippen molar-refractivity contribution >= 4 is 66.4 Å². The molecule has 0 aliphatic heterocycles. The van der Waals surface area contributed by atoms with Crippen LogP contribution in [0.5, 0.6) is 0 Å². The number of amides is 1. The van der Waals surface area contributed by atoms with E-state index in [-0.39, 0.29) is 33.4 Å². The van der Waals surface area contributed by atoms with Gasteiger partial charge in [-0.05, 0) is 72.3 Å². The Morgan fingerprint density at radius 2 is 1.50 bits per heavy atom. The molecule has 0 aliphatic rings. The van der Waals surface area contributed by atoms with Gasteiger partial charge < -0.3 is 5.32 Å². The van der Waals surface area contributed by atoms with E-state index in [0.717, 1.165) is 8.61 Å². The summed E-state index contributed by atoms with van der Waals surface area (Å²) in [6.45, 7) is -0.172. The van der Waals surface area contributed by atoms with Crippen LogP contribution >= 0.6 is 23.2 Å². The zero-order chi connectivity index (χ0) is 30.7. The third kappa shape index (κ3) is 7.20. The minimum absolute atomic E-state index is 0.0528. The van der Waals surface area contributed by atoms with Gasteiger partial charge in [0.05, 0.1) is 27.8 Å². The minimum Gasteiger partial charge on any atom is -0.322 e. The molecule has 0 saturated carbocycles. The Kier molecular flexibility index (Phi) is 9.43. The minimum atomic E-state index is -4.03. The second-order valence-corrected chi connectivity index (χ2v) is 13.7. The molecule has 4 rings (SSSR count). The van der Waals surface area contributed by atoms with E-state index in [2.05, 4.69) is 10.0 Å². The summed E-state index contributed by atoms with van der Waals surface area (Å²) in [7, 11) is -5.29. The molecule has 0 atom stereocenters. The number of hydrogen-bond acceptors (Lipinski definition) is 5. The molecular weight excluding hydrogens is 626 g/mol. The topological polar surface area (TPSA) is 116 Å². The van der Waals surface area contributed by atoms with Crippen LogP contribution in [0.3, 0.4) is 0 Å². The van der Waals surface area contributed by atoms with Gasteiger partial charge in [0.15, 0.2) is 0 Å². The normalized spacial score (nSPS) is 11.8. The van der Waals surface area contributed by atoms with Crippen molar-refractivity contribution in [2.45, 2.75) is 11.4 Å². The Morgan fingerprint density at radius 3 is 2.10 bits per heavy atom. The van der Waals surface area contributed by atoms with E-state index < -0.39 is 32.0 Å². The summed E-state index contributed by atoms with van der Waals surface area (Å²) in [6, 6.07) is 21.6. The lowest BCUT2D eigenvalue weighted by Gasteiger charge is -2.27. The van der Waals surface area contributed by atoms with Crippen molar-refractivity contribution in [3.63, 3.8) is 0 Å². The number of nitrogens with zero attached hydrogens (tertiary/aromatic N) is 2. The van der Waals surface area contributed by atoms with E-state index in [1.807, 2.05) is 0 Å². The van der Waals surface area contributed by atoms with Gasteiger partial charge in [0.1, 0.15) is 5.82 Å². The Bertz CT molecular complexity index is 1820. The van der Waals surface area contributed by atoms with Crippen molar-refractivity contribution in [3.05, 3.63) is 118 Å². The molecule has 0 heterocycles. The molecule has 14 heteroatoms. The lowest BCUT2D eigenvalue weighted by molar-refractivity contribution is 0.102. The molecular formula is C28H25Cl2FN4O5S2. The van der Waals surface area contributed by atoms with Gasteiger partial charge in [-0.15, -0.1) is 0 Å². The molecule has 2 N–H and O–H groups in total. The largest absolute Gasteiger partial charge is 0.322 e. The first kappa shape index (κ1) is 31.3. The first-order valence-corrected chi connectivity index (χ1v) is 15.8. The monoisotopic (exact) mass is 650 g/mol. The third-order valence-electron chi connectivity index (χ3n) is 6.00. The summed E-state index contributed by atoms with van der Waals surface area (Å²) < 4.78 is 70.2. The maximum absolute atomic E-state index is 14.5. The first-order valence-electron chi connectivity index (χ1n) is 12.2. The van der Waals surface area contributed by atoms with Gasteiger partial charge in [-0.25, -0.2) is 12.8 Å². The van der Waals surface area contributed by atoms with Crippen molar-refractivity contribution in [1.29, 1.82) is 0 Å². The van der Waals surface area contributed by atoms with Gasteiger partial charge in [-0.1, -0.05) is 47.5 Å². The Labute approximate surface area is 253 Å². The summed E-state index contributed by atoms with van der Waals surface area (Å²) in [5.41, 5.74) is 1.18. The number of para-hydroxylation sites is 1. The van der Waals surface area contributed by atoms with Crippen LogP contribution in [0.15, 0.2) is 95.9 Å². The van der Waals surface area contributed by atoms with Crippen molar-refractivity contribution in [2.75, 3.05) is 28.4 Å². The molecule has 220 valence electrons. The van der Waals surface area contributed by atoms with Crippen molar-refractivity contribution in [1.82, 2.24) is 4.31 Å². The fourth-order valence-electron chi connectivity index (χ4n) is 3.77. The summed E-state index contributed by atoms with van der Waals surface area (Å²) in [6.07, 6.45) is 0. The molecule has 0 saturated heterocycles. The highest BCUT2D eigenvalue weighted by Crippen LogP contribution is 2.28. The van der Waals surface area contributed by atoms with Gasteiger partial charge >= 0.3 is 10.2 Å². The molecule has 9 nitrogen and oxygen atoms in total. The average Bonchev–Trinajstić information content (AvgIpc) is 2.94. The Morgan fingerprint density at radius 1 is 0.857 bits per heavy atom. The van der Waals surface area contributed by atoms with Gasteiger partial charge in [0.2, 0.25) is 0 Å². The zero-order valence-corrected chi connectivity index (χ0v) is 25.4. The van der Waals surface area contributed by atoms with Crippen LogP contribution in [0.4, 0.5) is 21.5 Å². The Hall–Kier alpha value is -3.68. The first-order chi connectivity index (χ1) is 19.8. The standard InChI is InChI=1S/C28H25Cl2FN4O5S2/c1-34(2)42(39,40)35(27-6-4-3-5-25(27)31)18-19-7-9-20(10-8-19)28(36)32-22-12-14-23(15-13-22)41(37,38)33-26-16-11-21(29)17-24(26)30/h3-17,33H,18H2,1-2H3,(H,32,36). The van der Waals surface area contributed by atoms with Gasteiger partial charge in [0, 0.05) is 30.4 Å². The molecule has 1 amide bonds. The number of benzene rings is 4. The maximum atomic E-state index is 14.5. The Balaban J connectivity index is 1.45. The fourth-order valence-corrected chi connectivity index (χ4v) is 6.46. The van der Waals surface area contributed by atoms with Crippen LogP contribution < -0.4 is 14.3 Å². The molecule has 0 aromatic heterocycles. The molecule has 4 aromatic carbocycles. The van der Waals surface area contributed by atoms with Crippen LogP contribution in [0.1, 0.15) is 15.9 Å². The van der Waals surface area contributed by atoms with Gasteiger partial charge in [-0.2, -0.15) is 12.7 Å². The number of hydrogen-bond donors (Lipinski definition) is 2. The highest BCUT2D eigenvalue weighted by atomic mass is 35.5. The third-order valence-corrected chi connectivity index (χ3v) is 9.74. The number of nitrogens with one attached hydrogen (secondary N) is 2. The zero-order valence-electron chi connectivity index (χ0n) is 22.3. The van der Waals surface area contributed by atoms with Crippen LogP contribution in [-0.2, 0) is 26.8 Å². The molecule has 0 unspecified atom stereocenters. The van der Waals surface area contributed by atoms with Crippen LogP contribution in [-0.4, -0.2) is 41.1 Å². The van der Waals surface area contributed by atoms with E-state index in [1.165, 1.54) is 93.0 Å². The van der Waals surface area contributed by atoms with E-state index in [0.29, 0.717) is 16.3 Å². The SMILES string of the molecule is CN(C)S(=O)(=O)N(Cc1ccc(C(=O)Nc2ccc(S(=O)(=O)Nc3ccc(Cl)cc3Cl)cc2)cc1)c1ccccc1F. The highest BCUT2D eigenvalue weighted by Gasteiger charge is 2.27. The lowest BCUT2D eigenvalue weighted by atomic mass is 10.1. The summed E-state index contributed by atoms with van der Waals surface area (Å²) in [5.74, 6) is -1.17. The molecule has 0 radical (unpaired) electrons. The van der Waals surface area contributed by atoms with Gasteiger partial charge in [-0.3, -0.25) is 13.8 Å². The van der Waals surface area contributed by atoms with Crippen molar-refractivity contribution in [2.24, 2.45) is 0 Å². The number of carbonyl (C=O) groups is 1. The number of rotatable bonds is 10. The number of carbonyl (C=O) groups excluding carboxylic acids is 1. The predicted molar refractivity (Wildman–Crippen MR) is 163 cm³/mol. The van der Waals surface area contributed by atoms with E-state index in [1.54, 1.807) is 12.1 Å². The number of anilines is 3. The van der Waals surface area contributed by atoms with Crippen LogP contribution in [0.2, 0.25) is 10.0 Å². The average molecular weight is 652 g/mol. The van der Waals surface area contributed by atoms with Crippen molar-refractivity contribution in [3.8, 4) is 0 Å². The van der Waals surface area contributed by atoms with Gasteiger partial charge in [0.25, 0.3) is 15.9 Å². The van der Waals surface area contributed by atoms with Crippen LogP contribution in [0, 0.1) is 5.82 Å². The molecule has 0 aliphatic carbocycles. The fraction of sp³-hybridized carbons (Fsp3) is 0.107. The predicted octanol–water partition coefficient (Wildman–Crippen LogP) is 6.00. The van der Waals surface area contributed by atoms with Crippen LogP contribution in [0.25, 0.3) is 0 Å². The molecule has 0 fully saturated rings. The number of sulfonamides is 1. The molecule has 0 spiro atoms. The lowest BCUT2D eigenvalue weighted by Crippen LogP contribution is -2.40. The summed E-state index contributed by atoms with van der Waals surface area (Å²) in [5, 5.41) is 3.18. The molecule has 0 bridgehead atoms. The van der Waals surface area contributed by atoms with E-state index >= 15 is 0 Å². The summed E-state index contributed by atoms with van der Waals surface area (Å²) in [4.78, 5) is 12.8. The molecule has 42 heavy (non-hydrogen) atoms. The molecule has 4 aromatic rings. The second-order valence-electron chi connectivity index (χ2n) is 9.15. The van der Waals surface area contributed by atoms with E-state index in [4.69, 9.17) is 23.2 Å². The summed E-state index contributed by atoms with van der Waals surface area (Å²) >= 11 is 11.9. The highest BCUT2D eigenvalue weighted by molar-refractivity contribution is 7.92.